The van der Waals surface area contributed by atoms with Crippen molar-refractivity contribution in [2.75, 3.05) is 0 Å². The zero-order chi connectivity index (χ0) is 21.3. The fourth-order valence-corrected chi connectivity index (χ4v) is 3.64. The summed E-state index contributed by atoms with van der Waals surface area (Å²) < 4.78 is 15.7. The van der Waals surface area contributed by atoms with Crippen LogP contribution in [0.5, 0.6) is 0 Å². The zero-order valence-corrected chi connectivity index (χ0v) is 17.5. The van der Waals surface area contributed by atoms with Gasteiger partial charge in [0.1, 0.15) is 11.5 Å². The molecule has 0 aliphatic rings. The fourth-order valence-electron chi connectivity index (χ4n) is 3.44. The summed E-state index contributed by atoms with van der Waals surface area (Å²) >= 11 is 6.18. The second-order valence-corrected chi connectivity index (χ2v) is 7.76. The number of pyridine rings is 1. The SMILES string of the molecule is Cc1ccc2nc(-c3ccc(F)c(C)c3)c(CC(=O)NCc3ccccc3Cl)n2c1. The van der Waals surface area contributed by atoms with Crippen LogP contribution < -0.4 is 5.32 Å². The molecule has 0 aliphatic heterocycles. The molecule has 0 radical (unpaired) electrons. The van der Waals surface area contributed by atoms with Gasteiger partial charge < -0.3 is 9.72 Å². The standard InChI is InChI=1S/C24H21ClFN3O/c1-15-7-10-22-28-24(17-8-9-20(26)16(2)11-17)21(29(22)14-15)12-23(30)27-13-18-5-3-4-6-19(18)25/h3-11,14H,12-13H2,1-2H3,(H,27,30). The van der Waals surface area contributed by atoms with E-state index in [9.17, 15) is 9.18 Å². The van der Waals surface area contributed by atoms with Crippen LogP contribution >= 0.6 is 11.6 Å². The van der Waals surface area contributed by atoms with Crippen LogP contribution in [0, 0.1) is 19.7 Å². The van der Waals surface area contributed by atoms with Gasteiger partial charge in [0, 0.05) is 23.3 Å². The van der Waals surface area contributed by atoms with Gasteiger partial charge in [-0.05, 0) is 60.9 Å². The highest BCUT2D eigenvalue weighted by Crippen LogP contribution is 2.27. The number of aromatic nitrogens is 2. The molecule has 2 aromatic carbocycles. The van der Waals surface area contributed by atoms with Gasteiger partial charge in [-0.2, -0.15) is 0 Å². The van der Waals surface area contributed by atoms with Gasteiger partial charge in [0.25, 0.3) is 0 Å². The molecule has 2 heterocycles. The van der Waals surface area contributed by atoms with Crippen LogP contribution in [0.25, 0.3) is 16.9 Å². The van der Waals surface area contributed by atoms with Crippen LogP contribution in [0.3, 0.4) is 0 Å². The van der Waals surface area contributed by atoms with Crippen LogP contribution in [-0.4, -0.2) is 15.3 Å². The third-order valence-corrected chi connectivity index (χ3v) is 5.43. The molecule has 4 rings (SSSR count). The highest BCUT2D eigenvalue weighted by molar-refractivity contribution is 6.31. The molecule has 6 heteroatoms. The van der Waals surface area contributed by atoms with Crippen LogP contribution in [0.1, 0.15) is 22.4 Å². The monoisotopic (exact) mass is 421 g/mol. The van der Waals surface area contributed by atoms with Crippen LogP contribution in [0.2, 0.25) is 5.02 Å². The Morgan fingerprint density at radius 2 is 1.93 bits per heavy atom. The largest absolute Gasteiger partial charge is 0.352 e. The van der Waals surface area contributed by atoms with E-state index in [-0.39, 0.29) is 18.1 Å². The molecule has 1 amide bonds. The second kappa shape index (κ2) is 8.28. The van der Waals surface area contributed by atoms with Gasteiger partial charge >= 0.3 is 0 Å². The molecule has 0 fully saturated rings. The summed E-state index contributed by atoms with van der Waals surface area (Å²) in [6.07, 6.45) is 2.10. The second-order valence-electron chi connectivity index (χ2n) is 7.35. The van der Waals surface area contributed by atoms with E-state index in [0.29, 0.717) is 22.8 Å². The summed E-state index contributed by atoms with van der Waals surface area (Å²) in [5, 5.41) is 3.55. The van der Waals surface area contributed by atoms with Gasteiger partial charge in [-0.1, -0.05) is 35.9 Å². The van der Waals surface area contributed by atoms with Crippen molar-refractivity contribution in [3.63, 3.8) is 0 Å². The number of halogens is 2. The van der Waals surface area contributed by atoms with Gasteiger partial charge in [-0.25, -0.2) is 9.37 Å². The Bertz CT molecular complexity index is 1250. The van der Waals surface area contributed by atoms with Gasteiger partial charge in [0.05, 0.1) is 17.8 Å². The number of nitrogens with one attached hydrogen (secondary N) is 1. The Hall–Kier alpha value is -3.18. The third kappa shape index (κ3) is 4.07. The third-order valence-electron chi connectivity index (χ3n) is 5.06. The van der Waals surface area contributed by atoms with Crippen LogP contribution in [0.15, 0.2) is 60.8 Å². The molecule has 0 saturated carbocycles. The molecule has 0 aliphatic carbocycles. The van der Waals surface area contributed by atoms with E-state index >= 15 is 0 Å². The zero-order valence-electron chi connectivity index (χ0n) is 16.7. The number of nitrogens with zero attached hydrogens (tertiary/aromatic N) is 2. The maximum Gasteiger partial charge on any atom is 0.226 e. The minimum atomic E-state index is -0.266. The lowest BCUT2D eigenvalue weighted by molar-refractivity contribution is -0.120. The Morgan fingerprint density at radius 3 is 2.70 bits per heavy atom. The minimum absolute atomic E-state index is 0.140. The molecular formula is C24H21ClFN3O. The van der Waals surface area contributed by atoms with Crippen molar-refractivity contribution in [3.8, 4) is 11.3 Å². The maximum atomic E-state index is 13.8. The fraction of sp³-hybridized carbons (Fsp3) is 0.167. The number of carbonyl (C=O) groups is 1. The molecule has 0 atom stereocenters. The first-order valence-corrected chi connectivity index (χ1v) is 10.0. The number of aryl methyl sites for hydroxylation is 2. The number of carbonyl (C=O) groups excluding carboxylic acids is 1. The lowest BCUT2D eigenvalue weighted by Crippen LogP contribution is -2.25. The first-order valence-electron chi connectivity index (χ1n) is 9.66. The van der Waals surface area contributed by atoms with Crippen molar-refractivity contribution < 1.29 is 9.18 Å². The molecule has 0 unspecified atom stereocenters. The number of imidazole rings is 1. The van der Waals surface area contributed by atoms with Gasteiger partial charge in [-0.15, -0.1) is 0 Å². The molecule has 0 bridgehead atoms. The van der Waals surface area contributed by atoms with E-state index in [2.05, 4.69) is 5.32 Å². The quantitative estimate of drug-likeness (QED) is 0.477. The molecule has 0 spiro atoms. The van der Waals surface area contributed by atoms with Crippen molar-refractivity contribution in [3.05, 3.63) is 94.0 Å². The van der Waals surface area contributed by atoms with Crippen molar-refractivity contribution >= 4 is 23.2 Å². The topological polar surface area (TPSA) is 46.4 Å². The molecule has 4 aromatic rings. The van der Waals surface area contributed by atoms with Gasteiger partial charge in [0.15, 0.2) is 0 Å². The summed E-state index contributed by atoms with van der Waals surface area (Å²) in [4.78, 5) is 17.5. The molecule has 1 N–H and O–H groups in total. The van der Waals surface area contributed by atoms with E-state index in [1.807, 2.05) is 47.9 Å². The number of fused-ring (bicyclic) bond motifs is 1. The van der Waals surface area contributed by atoms with Gasteiger partial charge in [0.2, 0.25) is 5.91 Å². The number of hydrogen-bond donors (Lipinski definition) is 1. The Balaban J connectivity index is 1.67. The summed E-state index contributed by atoms with van der Waals surface area (Å²) in [5.41, 5.74) is 5.41. The molecule has 0 saturated heterocycles. The Kier molecular flexibility index (Phi) is 5.55. The van der Waals surface area contributed by atoms with E-state index in [0.717, 1.165) is 28.0 Å². The number of hydrogen-bond acceptors (Lipinski definition) is 2. The van der Waals surface area contributed by atoms with Crippen molar-refractivity contribution in [1.82, 2.24) is 14.7 Å². The van der Waals surface area contributed by atoms with E-state index in [1.165, 1.54) is 6.07 Å². The van der Waals surface area contributed by atoms with Crippen LogP contribution in [-0.2, 0) is 17.8 Å². The number of rotatable bonds is 5. The molecule has 4 nitrogen and oxygen atoms in total. The molecule has 30 heavy (non-hydrogen) atoms. The smallest absolute Gasteiger partial charge is 0.226 e. The average Bonchev–Trinajstić information content (AvgIpc) is 3.07. The first-order chi connectivity index (χ1) is 14.4. The average molecular weight is 422 g/mol. The lowest BCUT2D eigenvalue weighted by atomic mass is 10.1. The first kappa shape index (κ1) is 20.1. The van der Waals surface area contributed by atoms with Crippen molar-refractivity contribution in [2.24, 2.45) is 0 Å². The lowest BCUT2D eigenvalue weighted by Gasteiger charge is -2.09. The Labute approximate surface area is 179 Å². The normalized spacial score (nSPS) is 11.1. The van der Waals surface area contributed by atoms with Crippen molar-refractivity contribution in [1.29, 1.82) is 0 Å². The Morgan fingerprint density at radius 1 is 1.13 bits per heavy atom. The van der Waals surface area contributed by atoms with Crippen LogP contribution in [0.4, 0.5) is 4.39 Å². The highest BCUT2D eigenvalue weighted by atomic mass is 35.5. The van der Waals surface area contributed by atoms with E-state index in [1.54, 1.807) is 25.1 Å². The summed E-state index contributed by atoms with van der Waals surface area (Å²) in [6.45, 7) is 4.05. The van der Waals surface area contributed by atoms with E-state index in [4.69, 9.17) is 16.6 Å². The maximum absolute atomic E-state index is 13.8. The number of amides is 1. The van der Waals surface area contributed by atoms with Crippen molar-refractivity contribution in [2.45, 2.75) is 26.8 Å². The predicted octanol–water partition coefficient (Wildman–Crippen LogP) is 5.27. The molecule has 2 aromatic heterocycles. The van der Waals surface area contributed by atoms with Gasteiger partial charge in [-0.3, -0.25) is 4.79 Å². The molecule has 152 valence electrons. The molecular weight excluding hydrogens is 401 g/mol. The number of benzene rings is 2. The summed E-state index contributed by atoms with van der Waals surface area (Å²) in [6, 6.07) is 16.2. The summed E-state index contributed by atoms with van der Waals surface area (Å²) in [7, 11) is 0. The highest BCUT2D eigenvalue weighted by Gasteiger charge is 2.18. The minimum Gasteiger partial charge on any atom is -0.352 e. The predicted molar refractivity (Wildman–Crippen MR) is 117 cm³/mol. The summed E-state index contributed by atoms with van der Waals surface area (Å²) in [5.74, 6) is -0.407. The van der Waals surface area contributed by atoms with E-state index < -0.39 is 0 Å².